The number of hydrogen-bond donors (Lipinski definition) is 2. The Hall–Kier alpha value is -1.55. The van der Waals surface area contributed by atoms with Crippen LogP contribution >= 0.6 is 0 Å². The first-order valence-corrected chi connectivity index (χ1v) is 7.86. The fourth-order valence-corrected chi connectivity index (χ4v) is 3.95. The Bertz CT molecular complexity index is 543. The molecule has 114 valence electrons. The van der Waals surface area contributed by atoms with Crippen molar-refractivity contribution in [3.05, 3.63) is 29.3 Å². The van der Waals surface area contributed by atoms with Gasteiger partial charge < -0.3 is 15.1 Å². The zero-order chi connectivity index (χ0) is 15.0. The number of phenols is 1. The molecule has 4 heteroatoms. The van der Waals surface area contributed by atoms with Crippen LogP contribution in [0.4, 0.5) is 0 Å². The molecule has 1 heterocycles. The molecule has 1 aliphatic heterocycles. The molecule has 0 spiro atoms. The third kappa shape index (κ3) is 2.64. The Kier molecular flexibility index (Phi) is 3.89. The molecule has 1 amide bonds. The predicted octanol–water partition coefficient (Wildman–Crippen LogP) is 2.47. The van der Waals surface area contributed by atoms with E-state index < -0.39 is 0 Å². The van der Waals surface area contributed by atoms with Crippen LogP contribution in [0.3, 0.4) is 0 Å². The summed E-state index contributed by atoms with van der Waals surface area (Å²) in [5.74, 6) is 0.455. The number of aliphatic hydroxyl groups excluding tert-OH is 1. The minimum atomic E-state index is -0.260. The largest absolute Gasteiger partial charge is 0.508 e. The SMILES string of the molecule is Cc1cc(O)ccc1C(=O)N1CCCC1C1CCCC1O. The topological polar surface area (TPSA) is 60.8 Å². The summed E-state index contributed by atoms with van der Waals surface area (Å²) in [7, 11) is 0. The van der Waals surface area contributed by atoms with Crippen LogP contribution in [-0.4, -0.2) is 39.7 Å². The van der Waals surface area contributed by atoms with Crippen molar-refractivity contribution in [2.24, 2.45) is 5.92 Å². The molecular weight excluding hydrogens is 266 g/mol. The monoisotopic (exact) mass is 289 g/mol. The highest BCUT2D eigenvalue weighted by Gasteiger charge is 2.40. The number of nitrogens with zero attached hydrogens (tertiary/aromatic N) is 1. The molecule has 1 aromatic rings. The maximum atomic E-state index is 12.8. The van der Waals surface area contributed by atoms with Crippen LogP contribution in [0, 0.1) is 12.8 Å². The molecule has 2 aliphatic rings. The van der Waals surface area contributed by atoms with E-state index in [2.05, 4.69) is 0 Å². The molecule has 1 aromatic carbocycles. The number of likely N-dealkylation sites (tertiary alicyclic amines) is 1. The Morgan fingerprint density at radius 1 is 1.24 bits per heavy atom. The summed E-state index contributed by atoms with van der Waals surface area (Å²) in [5, 5.41) is 19.6. The minimum absolute atomic E-state index is 0.0362. The van der Waals surface area contributed by atoms with Crippen molar-refractivity contribution in [1.29, 1.82) is 0 Å². The van der Waals surface area contributed by atoms with Crippen molar-refractivity contribution in [2.45, 2.75) is 51.2 Å². The van der Waals surface area contributed by atoms with E-state index in [4.69, 9.17) is 0 Å². The number of rotatable bonds is 2. The lowest BCUT2D eigenvalue weighted by Crippen LogP contribution is -2.42. The van der Waals surface area contributed by atoms with E-state index >= 15 is 0 Å². The molecule has 3 unspecified atom stereocenters. The van der Waals surface area contributed by atoms with Gasteiger partial charge in [0.15, 0.2) is 0 Å². The van der Waals surface area contributed by atoms with Gasteiger partial charge in [-0.05, 0) is 56.4 Å². The highest BCUT2D eigenvalue weighted by molar-refractivity contribution is 5.96. The van der Waals surface area contributed by atoms with Gasteiger partial charge in [0.05, 0.1) is 6.10 Å². The number of benzene rings is 1. The Balaban J connectivity index is 1.82. The van der Waals surface area contributed by atoms with Gasteiger partial charge in [0.25, 0.3) is 5.91 Å². The lowest BCUT2D eigenvalue weighted by Gasteiger charge is -2.31. The first-order valence-electron chi connectivity index (χ1n) is 7.86. The minimum Gasteiger partial charge on any atom is -0.508 e. The maximum absolute atomic E-state index is 12.8. The Morgan fingerprint density at radius 3 is 2.71 bits per heavy atom. The fourth-order valence-electron chi connectivity index (χ4n) is 3.95. The average molecular weight is 289 g/mol. The molecule has 2 fully saturated rings. The average Bonchev–Trinajstić information content (AvgIpc) is 3.06. The van der Waals surface area contributed by atoms with Crippen molar-refractivity contribution in [3.63, 3.8) is 0 Å². The first kappa shape index (κ1) is 14.4. The van der Waals surface area contributed by atoms with Gasteiger partial charge in [0.1, 0.15) is 5.75 Å². The van der Waals surface area contributed by atoms with E-state index in [-0.39, 0.29) is 29.7 Å². The third-order valence-corrected chi connectivity index (χ3v) is 5.03. The molecule has 4 nitrogen and oxygen atoms in total. The standard InChI is InChI=1S/C17H23NO3/c1-11-10-12(19)7-8-13(11)17(21)18-9-3-5-15(18)14-4-2-6-16(14)20/h7-8,10,14-16,19-20H,2-6,9H2,1H3. The normalized spacial score (nSPS) is 29.0. The summed E-state index contributed by atoms with van der Waals surface area (Å²) < 4.78 is 0. The van der Waals surface area contributed by atoms with Gasteiger partial charge >= 0.3 is 0 Å². The summed E-state index contributed by atoms with van der Waals surface area (Å²) in [6.07, 6.45) is 4.68. The Labute approximate surface area is 125 Å². The van der Waals surface area contributed by atoms with Crippen LogP contribution in [0.1, 0.15) is 48.0 Å². The van der Waals surface area contributed by atoms with Gasteiger partial charge in [-0.1, -0.05) is 6.42 Å². The lowest BCUT2D eigenvalue weighted by molar-refractivity contribution is 0.0527. The van der Waals surface area contributed by atoms with E-state index in [1.807, 2.05) is 11.8 Å². The number of aromatic hydroxyl groups is 1. The van der Waals surface area contributed by atoms with Crippen molar-refractivity contribution >= 4 is 5.91 Å². The zero-order valence-electron chi connectivity index (χ0n) is 12.5. The van der Waals surface area contributed by atoms with Crippen LogP contribution in [0.5, 0.6) is 5.75 Å². The van der Waals surface area contributed by atoms with Gasteiger partial charge in [-0.15, -0.1) is 0 Å². The van der Waals surface area contributed by atoms with Gasteiger partial charge in [-0.3, -0.25) is 4.79 Å². The molecule has 2 N–H and O–H groups in total. The second-order valence-electron chi connectivity index (χ2n) is 6.37. The summed E-state index contributed by atoms with van der Waals surface area (Å²) in [6.45, 7) is 2.62. The van der Waals surface area contributed by atoms with E-state index in [1.165, 1.54) is 0 Å². The van der Waals surface area contributed by atoms with Crippen LogP contribution in [0.2, 0.25) is 0 Å². The molecule has 1 aliphatic carbocycles. The molecular formula is C17H23NO3. The summed E-state index contributed by atoms with van der Waals surface area (Å²) in [5.41, 5.74) is 1.46. The molecule has 1 saturated heterocycles. The Morgan fingerprint density at radius 2 is 2.05 bits per heavy atom. The predicted molar refractivity (Wildman–Crippen MR) is 80.3 cm³/mol. The van der Waals surface area contributed by atoms with E-state index in [1.54, 1.807) is 18.2 Å². The molecule has 3 rings (SSSR count). The third-order valence-electron chi connectivity index (χ3n) is 5.03. The number of aliphatic hydroxyl groups is 1. The first-order chi connectivity index (χ1) is 10.1. The highest BCUT2D eigenvalue weighted by atomic mass is 16.3. The maximum Gasteiger partial charge on any atom is 0.254 e. The number of phenolic OH excluding ortho intramolecular Hbond substituents is 1. The van der Waals surface area contributed by atoms with E-state index in [0.29, 0.717) is 5.56 Å². The van der Waals surface area contributed by atoms with Crippen LogP contribution in [-0.2, 0) is 0 Å². The number of amides is 1. The van der Waals surface area contributed by atoms with Gasteiger partial charge in [0, 0.05) is 24.1 Å². The zero-order valence-corrected chi connectivity index (χ0v) is 12.5. The van der Waals surface area contributed by atoms with Crippen molar-refractivity contribution in [2.75, 3.05) is 6.54 Å². The number of carbonyl (C=O) groups is 1. The van der Waals surface area contributed by atoms with E-state index in [9.17, 15) is 15.0 Å². The fraction of sp³-hybridized carbons (Fsp3) is 0.588. The smallest absolute Gasteiger partial charge is 0.254 e. The summed E-state index contributed by atoms with van der Waals surface area (Å²) >= 11 is 0. The molecule has 3 atom stereocenters. The van der Waals surface area contributed by atoms with Gasteiger partial charge in [-0.25, -0.2) is 0 Å². The van der Waals surface area contributed by atoms with Crippen LogP contribution in [0.25, 0.3) is 0 Å². The number of aryl methyl sites for hydroxylation is 1. The van der Waals surface area contributed by atoms with Crippen molar-refractivity contribution < 1.29 is 15.0 Å². The molecule has 0 bridgehead atoms. The second-order valence-corrected chi connectivity index (χ2v) is 6.37. The summed E-state index contributed by atoms with van der Waals surface area (Å²) in [6, 6.07) is 5.06. The van der Waals surface area contributed by atoms with Gasteiger partial charge in [-0.2, -0.15) is 0 Å². The lowest BCUT2D eigenvalue weighted by atomic mass is 9.93. The van der Waals surface area contributed by atoms with E-state index in [0.717, 1.165) is 44.2 Å². The summed E-state index contributed by atoms with van der Waals surface area (Å²) in [4.78, 5) is 14.8. The quantitative estimate of drug-likeness (QED) is 0.879. The number of carbonyl (C=O) groups excluding carboxylic acids is 1. The molecule has 21 heavy (non-hydrogen) atoms. The second kappa shape index (κ2) is 5.68. The van der Waals surface area contributed by atoms with Crippen molar-refractivity contribution in [1.82, 2.24) is 4.90 Å². The molecule has 0 aromatic heterocycles. The highest BCUT2D eigenvalue weighted by Crippen LogP contribution is 2.36. The molecule has 0 radical (unpaired) electrons. The van der Waals surface area contributed by atoms with Crippen LogP contribution in [0.15, 0.2) is 18.2 Å². The van der Waals surface area contributed by atoms with Gasteiger partial charge in [0.2, 0.25) is 0 Å². The number of hydrogen-bond acceptors (Lipinski definition) is 3. The van der Waals surface area contributed by atoms with Crippen LogP contribution < -0.4 is 0 Å². The molecule has 1 saturated carbocycles. The van der Waals surface area contributed by atoms with Crippen molar-refractivity contribution in [3.8, 4) is 5.75 Å².